The second-order valence-corrected chi connectivity index (χ2v) is 6.63. The first-order chi connectivity index (χ1) is 12.4. The summed E-state index contributed by atoms with van der Waals surface area (Å²) >= 11 is 0. The van der Waals surface area contributed by atoms with E-state index in [1.807, 2.05) is 38.1 Å². The summed E-state index contributed by atoms with van der Waals surface area (Å²) in [6.45, 7) is 8.26. The summed E-state index contributed by atoms with van der Waals surface area (Å²) in [4.78, 5) is 12.4. The minimum absolute atomic E-state index is 0.145. The SMILES string of the molecule is COc1ccccc1NC(=O)N[C@H](C)c1cc(C(C)C)c(OC)cc1C. The Balaban J connectivity index is 2.17. The van der Waals surface area contributed by atoms with Crippen LogP contribution in [0.3, 0.4) is 0 Å². The Morgan fingerprint density at radius 2 is 1.62 bits per heavy atom. The second kappa shape index (κ2) is 8.61. The lowest BCUT2D eigenvalue weighted by atomic mass is 9.93. The number of rotatable bonds is 6. The first-order valence-electron chi connectivity index (χ1n) is 8.76. The maximum atomic E-state index is 12.4. The number of carbonyl (C=O) groups is 1. The van der Waals surface area contributed by atoms with Crippen LogP contribution >= 0.6 is 0 Å². The first-order valence-corrected chi connectivity index (χ1v) is 8.76. The number of urea groups is 1. The Labute approximate surface area is 155 Å². The van der Waals surface area contributed by atoms with Gasteiger partial charge in [0.15, 0.2) is 0 Å². The zero-order valence-electron chi connectivity index (χ0n) is 16.3. The number of benzene rings is 2. The molecule has 0 aromatic heterocycles. The predicted molar refractivity (Wildman–Crippen MR) is 105 cm³/mol. The number of anilines is 1. The van der Waals surface area contributed by atoms with E-state index >= 15 is 0 Å². The zero-order valence-corrected chi connectivity index (χ0v) is 16.3. The Morgan fingerprint density at radius 3 is 2.23 bits per heavy atom. The fourth-order valence-corrected chi connectivity index (χ4v) is 2.99. The average Bonchev–Trinajstić information content (AvgIpc) is 2.61. The summed E-state index contributed by atoms with van der Waals surface area (Å²) in [7, 11) is 3.26. The molecule has 26 heavy (non-hydrogen) atoms. The van der Waals surface area contributed by atoms with Gasteiger partial charge >= 0.3 is 6.03 Å². The number of amides is 2. The molecule has 2 aromatic carbocycles. The van der Waals surface area contributed by atoms with Crippen molar-refractivity contribution in [2.45, 2.75) is 39.7 Å². The summed E-state index contributed by atoms with van der Waals surface area (Å²) in [5, 5.41) is 5.84. The van der Waals surface area contributed by atoms with Crippen molar-refractivity contribution in [3.63, 3.8) is 0 Å². The highest BCUT2D eigenvalue weighted by atomic mass is 16.5. The lowest BCUT2D eigenvalue weighted by Gasteiger charge is -2.21. The van der Waals surface area contributed by atoms with Gasteiger partial charge in [-0.1, -0.05) is 26.0 Å². The molecule has 5 heteroatoms. The van der Waals surface area contributed by atoms with Crippen LogP contribution < -0.4 is 20.1 Å². The maximum Gasteiger partial charge on any atom is 0.319 e. The number of para-hydroxylation sites is 2. The third-order valence-electron chi connectivity index (χ3n) is 4.41. The van der Waals surface area contributed by atoms with E-state index in [1.165, 1.54) is 0 Å². The van der Waals surface area contributed by atoms with Gasteiger partial charge in [-0.15, -0.1) is 0 Å². The van der Waals surface area contributed by atoms with E-state index in [4.69, 9.17) is 9.47 Å². The molecule has 5 nitrogen and oxygen atoms in total. The monoisotopic (exact) mass is 356 g/mol. The van der Waals surface area contributed by atoms with Crippen LogP contribution in [0.4, 0.5) is 10.5 Å². The van der Waals surface area contributed by atoms with Crippen LogP contribution in [0, 0.1) is 6.92 Å². The molecule has 2 N–H and O–H groups in total. The summed E-state index contributed by atoms with van der Waals surface area (Å²) in [6.07, 6.45) is 0. The smallest absolute Gasteiger partial charge is 0.319 e. The van der Waals surface area contributed by atoms with Crippen LogP contribution in [0.1, 0.15) is 49.4 Å². The topological polar surface area (TPSA) is 59.6 Å². The van der Waals surface area contributed by atoms with Gasteiger partial charge in [-0.25, -0.2) is 4.79 Å². The zero-order chi connectivity index (χ0) is 19.3. The Morgan fingerprint density at radius 1 is 0.962 bits per heavy atom. The standard InChI is InChI=1S/C21H28N2O3/c1-13(2)16-12-17(14(3)11-20(16)26-6)15(4)22-21(24)23-18-9-7-8-10-19(18)25-5/h7-13,15H,1-6H3,(H2,22,23,24)/t15-/m1/s1. The molecule has 0 aliphatic carbocycles. The van der Waals surface area contributed by atoms with E-state index in [1.54, 1.807) is 20.3 Å². The molecule has 1 atom stereocenters. The van der Waals surface area contributed by atoms with E-state index in [0.717, 1.165) is 22.4 Å². The number of hydrogen-bond donors (Lipinski definition) is 2. The summed E-state index contributed by atoms with van der Waals surface area (Å²) < 4.78 is 10.8. The molecule has 0 saturated carbocycles. The highest BCUT2D eigenvalue weighted by molar-refractivity contribution is 5.91. The van der Waals surface area contributed by atoms with E-state index in [0.29, 0.717) is 17.4 Å². The van der Waals surface area contributed by atoms with Crippen molar-refractivity contribution in [2.75, 3.05) is 19.5 Å². The van der Waals surface area contributed by atoms with Gasteiger partial charge in [0.05, 0.1) is 25.9 Å². The van der Waals surface area contributed by atoms with E-state index in [-0.39, 0.29) is 12.1 Å². The van der Waals surface area contributed by atoms with Gasteiger partial charge in [0.1, 0.15) is 11.5 Å². The molecule has 140 valence electrons. The van der Waals surface area contributed by atoms with Gasteiger partial charge < -0.3 is 20.1 Å². The predicted octanol–water partition coefficient (Wildman–Crippen LogP) is 5.02. The molecule has 0 aliphatic rings. The highest BCUT2D eigenvalue weighted by Crippen LogP contribution is 2.32. The Hall–Kier alpha value is -2.69. The normalized spacial score (nSPS) is 11.8. The van der Waals surface area contributed by atoms with Crippen molar-refractivity contribution in [3.05, 3.63) is 53.1 Å². The lowest BCUT2D eigenvalue weighted by Crippen LogP contribution is -2.31. The van der Waals surface area contributed by atoms with Crippen molar-refractivity contribution in [1.82, 2.24) is 5.32 Å². The molecule has 2 aromatic rings. The van der Waals surface area contributed by atoms with Gasteiger partial charge in [0.2, 0.25) is 0 Å². The molecule has 0 radical (unpaired) electrons. The second-order valence-electron chi connectivity index (χ2n) is 6.63. The lowest BCUT2D eigenvalue weighted by molar-refractivity contribution is 0.249. The molecule has 0 saturated heterocycles. The van der Waals surface area contributed by atoms with Crippen molar-refractivity contribution in [3.8, 4) is 11.5 Å². The molecule has 0 spiro atoms. The molecule has 0 fully saturated rings. The van der Waals surface area contributed by atoms with Crippen LogP contribution in [0.5, 0.6) is 11.5 Å². The van der Waals surface area contributed by atoms with Crippen LogP contribution in [0.2, 0.25) is 0 Å². The van der Waals surface area contributed by atoms with Crippen molar-refractivity contribution in [1.29, 1.82) is 0 Å². The van der Waals surface area contributed by atoms with Gasteiger partial charge in [-0.2, -0.15) is 0 Å². The minimum atomic E-state index is -0.275. The number of methoxy groups -OCH3 is 2. The van der Waals surface area contributed by atoms with E-state index in [9.17, 15) is 4.79 Å². The molecule has 0 aliphatic heterocycles. The summed E-state index contributed by atoms with van der Waals surface area (Å²) in [5.74, 6) is 1.84. The van der Waals surface area contributed by atoms with Gasteiger partial charge in [0, 0.05) is 0 Å². The third-order valence-corrected chi connectivity index (χ3v) is 4.41. The minimum Gasteiger partial charge on any atom is -0.496 e. The molecule has 2 rings (SSSR count). The van der Waals surface area contributed by atoms with Gasteiger partial charge in [-0.05, 0) is 60.7 Å². The van der Waals surface area contributed by atoms with Crippen LogP contribution in [-0.2, 0) is 0 Å². The van der Waals surface area contributed by atoms with Crippen molar-refractivity contribution in [2.24, 2.45) is 0 Å². The quantitative estimate of drug-likeness (QED) is 0.764. The average molecular weight is 356 g/mol. The highest BCUT2D eigenvalue weighted by Gasteiger charge is 2.17. The first kappa shape index (κ1) is 19.6. The largest absolute Gasteiger partial charge is 0.496 e. The number of nitrogens with one attached hydrogen (secondary N) is 2. The summed E-state index contributed by atoms with van der Waals surface area (Å²) in [5.41, 5.74) is 3.92. The maximum absolute atomic E-state index is 12.4. The Bertz CT molecular complexity index is 772. The van der Waals surface area contributed by atoms with Crippen molar-refractivity contribution >= 4 is 11.7 Å². The molecule has 0 heterocycles. The Kier molecular flexibility index (Phi) is 6.50. The molecular weight excluding hydrogens is 328 g/mol. The number of hydrogen-bond acceptors (Lipinski definition) is 3. The third kappa shape index (κ3) is 4.48. The van der Waals surface area contributed by atoms with Gasteiger partial charge in [-0.3, -0.25) is 0 Å². The fourth-order valence-electron chi connectivity index (χ4n) is 2.99. The fraction of sp³-hybridized carbons (Fsp3) is 0.381. The van der Waals surface area contributed by atoms with E-state index < -0.39 is 0 Å². The van der Waals surface area contributed by atoms with Gasteiger partial charge in [0.25, 0.3) is 0 Å². The van der Waals surface area contributed by atoms with Crippen molar-refractivity contribution < 1.29 is 14.3 Å². The number of ether oxygens (including phenoxy) is 2. The molecular formula is C21H28N2O3. The van der Waals surface area contributed by atoms with E-state index in [2.05, 4.69) is 30.5 Å². The summed E-state index contributed by atoms with van der Waals surface area (Å²) in [6, 6.07) is 11.0. The number of carbonyl (C=O) groups excluding carboxylic acids is 1. The van der Waals surface area contributed by atoms with Crippen LogP contribution in [0.15, 0.2) is 36.4 Å². The number of aryl methyl sites for hydroxylation is 1. The molecule has 0 unspecified atom stereocenters. The molecule has 2 amide bonds. The van der Waals surface area contributed by atoms with Crippen LogP contribution in [-0.4, -0.2) is 20.3 Å². The van der Waals surface area contributed by atoms with Crippen LogP contribution in [0.25, 0.3) is 0 Å². The molecule has 0 bridgehead atoms.